The van der Waals surface area contributed by atoms with Gasteiger partial charge in [-0.25, -0.2) is 9.97 Å². The number of aromatic nitrogens is 2. The lowest BCUT2D eigenvalue weighted by Gasteiger charge is -2.39. The van der Waals surface area contributed by atoms with Crippen molar-refractivity contribution < 1.29 is 0 Å². The molecule has 2 rings (SSSR count). The van der Waals surface area contributed by atoms with Crippen molar-refractivity contribution in [2.75, 3.05) is 6.54 Å². The lowest BCUT2D eigenvalue weighted by atomic mass is 9.68. The van der Waals surface area contributed by atoms with E-state index in [-0.39, 0.29) is 5.41 Å². The van der Waals surface area contributed by atoms with Gasteiger partial charge in [0.15, 0.2) is 0 Å². The van der Waals surface area contributed by atoms with Crippen LogP contribution in [0.2, 0.25) is 0 Å². The van der Waals surface area contributed by atoms with Crippen LogP contribution < -0.4 is 5.73 Å². The van der Waals surface area contributed by atoms with Gasteiger partial charge in [0.1, 0.15) is 5.82 Å². The van der Waals surface area contributed by atoms with Gasteiger partial charge in [0.2, 0.25) is 0 Å². The average molecular weight is 163 g/mol. The van der Waals surface area contributed by atoms with Gasteiger partial charge < -0.3 is 5.73 Å². The first-order chi connectivity index (χ1) is 5.87. The van der Waals surface area contributed by atoms with E-state index >= 15 is 0 Å². The van der Waals surface area contributed by atoms with Crippen LogP contribution in [-0.4, -0.2) is 16.5 Å². The summed E-state index contributed by atoms with van der Waals surface area (Å²) in [5, 5.41) is 0. The lowest BCUT2D eigenvalue weighted by Crippen LogP contribution is -2.42. The van der Waals surface area contributed by atoms with Crippen LogP contribution >= 0.6 is 0 Å². The molecule has 64 valence electrons. The largest absolute Gasteiger partial charge is 0.329 e. The van der Waals surface area contributed by atoms with Crippen molar-refractivity contribution in [1.29, 1.82) is 0 Å². The van der Waals surface area contributed by atoms with Gasteiger partial charge in [-0.15, -0.1) is 0 Å². The van der Waals surface area contributed by atoms with Crippen molar-refractivity contribution in [2.24, 2.45) is 5.73 Å². The second-order valence-electron chi connectivity index (χ2n) is 3.41. The molecule has 0 unspecified atom stereocenters. The predicted molar refractivity (Wildman–Crippen MR) is 46.6 cm³/mol. The maximum Gasteiger partial charge on any atom is 0.135 e. The maximum absolute atomic E-state index is 5.72. The molecule has 0 spiro atoms. The molecule has 1 aliphatic rings. The SMILES string of the molecule is NCC1(c2ncccn2)CCC1. The van der Waals surface area contributed by atoms with Crippen molar-refractivity contribution in [1.82, 2.24) is 9.97 Å². The highest BCUT2D eigenvalue weighted by molar-refractivity contribution is 5.13. The summed E-state index contributed by atoms with van der Waals surface area (Å²) in [5.41, 5.74) is 5.83. The van der Waals surface area contributed by atoms with E-state index in [1.54, 1.807) is 12.4 Å². The van der Waals surface area contributed by atoms with Gasteiger partial charge in [0, 0.05) is 24.4 Å². The summed E-state index contributed by atoms with van der Waals surface area (Å²) in [4.78, 5) is 8.51. The first-order valence-electron chi connectivity index (χ1n) is 4.35. The van der Waals surface area contributed by atoms with Crippen molar-refractivity contribution in [3.63, 3.8) is 0 Å². The zero-order valence-electron chi connectivity index (χ0n) is 7.03. The van der Waals surface area contributed by atoms with Gasteiger partial charge in [0.25, 0.3) is 0 Å². The monoisotopic (exact) mass is 163 g/mol. The van der Waals surface area contributed by atoms with Crippen LogP contribution in [0.15, 0.2) is 18.5 Å². The fourth-order valence-electron chi connectivity index (χ4n) is 1.70. The minimum atomic E-state index is 0.112. The number of nitrogens with zero attached hydrogens (tertiary/aromatic N) is 2. The Balaban J connectivity index is 2.28. The zero-order chi connectivity index (χ0) is 8.44. The van der Waals surface area contributed by atoms with Gasteiger partial charge in [0.05, 0.1) is 0 Å². The molecule has 12 heavy (non-hydrogen) atoms. The average Bonchev–Trinajstić information content (AvgIpc) is 2.05. The van der Waals surface area contributed by atoms with E-state index in [0.29, 0.717) is 6.54 Å². The van der Waals surface area contributed by atoms with Crippen LogP contribution in [0.3, 0.4) is 0 Å². The van der Waals surface area contributed by atoms with Crippen molar-refractivity contribution in [3.8, 4) is 0 Å². The molecular formula is C9H13N3. The predicted octanol–water partition coefficient (Wildman–Crippen LogP) is 0.857. The van der Waals surface area contributed by atoms with Crippen molar-refractivity contribution >= 4 is 0 Å². The Hall–Kier alpha value is -0.960. The van der Waals surface area contributed by atoms with Gasteiger partial charge in [-0.05, 0) is 18.9 Å². The molecule has 1 aliphatic carbocycles. The fourth-order valence-corrected chi connectivity index (χ4v) is 1.70. The summed E-state index contributed by atoms with van der Waals surface area (Å²) < 4.78 is 0. The summed E-state index contributed by atoms with van der Waals surface area (Å²) in [6.07, 6.45) is 7.13. The third kappa shape index (κ3) is 1.01. The molecule has 0 bridgehead atoms. The van der Waals surface area contributed by atoms with Gasteiger partial charge >= 0.3 is 0 Å². The van der Waals surface area contributed by atoms with Gasteiger partial charge in [-0.2, -0.15) is 0 Å². The molecule has 1 heterocycles. The van der Waals surface area contributed by atoms with Gasteiger partial charge in [-0.3, -0.25) is 0 Å². The normalized spacial score (nSPS) is 20.1. The quantitative estimate of drug-likeness (QED) is 0.703. The second-order valence-corrected chi connectivity index (χ2v) is 3.41. The molecular weight excluding hydrogens is 150 g/mol. The first kappa shape index (κ1) is 7.68. The number of rotatable bonds is 2. The van der Waals surface area contributed by atoms with Gasteiger partial charge in [-0.1, -0.05) is 6.42 Å². The molecule has 0 atom stereocenters. The van der Waals surface area contributed by atoms with Crippen LogP contribution in [0.1, 0.15) is 25.1 Å². The minimum absolute atomic E-state index is 0.112. The Labute approximate surface area is 72.0 Å². The zero-order valence-corrected chi connectivity index (χ0v) is 7.03. The topological polar surface area (TPSA) is 51.8 Å². The fraction of sp³-hybridized carbons (Fsp3) is 0.556. The third-order valence-corrected chi connectivity index (χ3v) is 2.74. The van der Waals surface area contributed by atoms with Crippen LogP contribution in [0.25, 0.3) is 0 Å². The van der Waals surface area contributed by atoms with E-state index in [2.05, 4.69) is 9.97 Å². The highest BCUT2D eigenvalue weighted by Gasteiger charge is 2.39. The van der Waals surface area contributed by atoms with E-state index in [4.69, 9.17) is 5.73 Å². The number of hydrogen-bond donors (Lipinski definition) is 1. The molecule has 0 aromatic carbocycles. The van der Waals surface area contributed by atoms with E-state index in [0.717, 1.165) is 18.7 Å². The van der Waals surface area contributed by atoms with E-state index in [1.807, 2.05) is 6.07 Å². The van der Waals surface area contributed by atoms with Crippen LogP contribution in [0.4, 0.5) is 0 Å². The Kier molecular flexibility index (Phi) is 1.81. The van der Waals surface area contributed by atoms with E-state index < -0.39 is 0 Å². The van der Waals surface area contributed by atoms with Crippen molar-refractivity contribution in [3.05, 3.63) is 24.3 Å². The molecule has 1 aromatic rings. The Morgan fingerprint density at radius 1 is 1.33 bits per heavy atom. The molecule has 0 radical (unpaired) electrons. The highest BCUT2D eigenvalue weighted by Crippen LogP contribution is 2.40. The first-order valence-corrected chi connectivity index (χ1v) is 4.35. The number of nitrogens with two attached hydrogens (primary N) is 1. The molecule has 3 nitrogen and oxygen atoms in total. The smallest absolute Gasteiger partial charge is 0.135 e. The Bertz CT molecular complexity index is 248. The standard InChI is InChI=1S/C9H13N3/c10-7-9(3-1-4-9)8-11-5-2-6-12-8/h2,5-6H,1,3-4,7,10H2. The lowest BCUT2D eigenvalue weighted by molar-refractivity contribution is 0.238. The van der Waals surface area contributed by atoms with Crippen LogP contribution in [0, 0.1) is 0 Å². The maximum atomic E-state index is 5.72. The minimum Gasteiger partial charge on any atom is -0.329 e. The summed E-state index contributed by atoms with van der Waals surface area (Å²) in [6, 6.07) is 1.84. The third-order valence-electron chi connectivity index (χ3n) is 2.74. The van der Waals surface area contributed by atoms with Crippen LogP contribution in [-0.2, 0) is 5.41 Å². The molecule has 2 N–H and O–H groups in total. The summed E-state index contributed by atoms with van der Waals surface area (Å²) >= 11 is 0. The molecule has 1 fully saturated rings. The highest BCUT2D eigenvalue weighted by atomic mass is 14.9. The molecule has 3 heteroatoms. The van der Waals surface area contributed by atoms with Crippen molar-refractivity contribution in [2.45, 2.75) is 24.7 Å². The van der Waals surface area contributed by atoms with E-state index in [9.17, 15) is 0 Å². The Morgan fingerprint density at radius 3 is 2.42 bits per heavy atom. The van der Waals surface area contributed by atoms with Crippen LogP contribution in [0.5, 0.6) is 0 Å². The Morgan fingerprint density at radius 2 is 2.00 bits per heavy atom. The summed E-state index contributed by atoms with van der Waals surface area (Å²) in [6.45, 7) is 0.678. The molecule has 1 saturated carbocycles. The molecule has 0 saturated heterocycles. The summed E-state index contributed by atoms with van der Waals surface area (Å²) in [5.74, 6) is 0.929. The molecule has 1 aromatic heterocycles. The molecule has 0 amide bonds. The number of hydrogen-bond acceptors (Lipinski definition) is 3. The van der Waals surface area contributed by atoms with E-state index in [1.165, 1.54) is 6.42 Å². The second kappa shape index (κ2) is 2.83. The molecule has 0 aliphatic heterocycles. The summed E-state index contributed by atoms with van der Waals surface area (Å²) in [7, 11) is 0.